The van der Waals surface area contributed by atoms with Crippen LogP contribution in [0, 0.1) is 12.3 Å². The van der Waals surface area contributed by atoms with E-state index in [-0.39, 0.29) is 0 Å². The average molecular weight is 260 g/mol. The third kappa shape index (κ3) is 2.53. The minimum Gasteiger partial charge on any atom is -0.357 e. The average Bonchev–Trinajstić information content (AvgIpc) is 2.87. The van der Waals surface area contributed by atoms with Crippen LogP contribution in [0.5, 0.6) is 0 Å². The maximum absolute atomic E-state index is 4.59. The molecule has 0 unspecified atom stereocenters. The molecule has 1 aromatic heterocycles. The highest BCUT2D eigenvalue weighted by molar-refractivity contribution is 5.45. The Bertz CT molecular complexity index is 441. The van der Waals surface area contributed by atoms with Crippen molar-refractivity contribution in [3.63, 3.8) is 0 Å². The number of nitrogens with one attached hydrogen (secondary N) is 1. The lowest BCUT2D eigenvalue weighted by Gasteiger charge is -2.40. The second-order valence-electron chi connectivity index (χ2n) is 6.14. The van der Waals surface area contributed by atoms with Crippen LogP contribution in [-0.2, 0) is 0 Å². The van der Waals surface area contributed by atoms with Crippen molar-refractivity contribution in [2.24, 2.45) is 5.41 Å². The number of aryl methyl sites for hydroxylation is 1. The quantitative estimate of drug-likeness (QED) is 0.887. The van der Waals surface area contributed by atoms with Crippen molar-refractivity contribution < 1.29 is 0 Å². The molecule has 1 spiro atoms. The minimum atomic E-state index is 0.671. The van der Waals surface area contributed by atoms with Crippen molar-refractivity contribution in [1.29, 1.82) is 0 Å². The number of hydrogen-bond donors (Lipinski definition) is 1. The SMILES string of the molecule is CNc1nc(C)cc(N2CCC3(CCCC3)CC2)n1. The molecule has 1 saturated carbocycles. The molecular formula is C15H24N4. The van der Waals surface area contributed by atoms with Gasteiger partial charge in [0.2, 0.25) is 5.95 Å². The molecule has 2 fully saturated rings. The highest BCUT2D eigenvalue weighted by Gasteiger charge is 2.37. The molecule has 19 heavy (non-hydrogen) atoms. The predicted octanol–water partition coefficient (Wildman–Crippen LogP) is 2.99. The van der Waals surface area contributed by atoms with E-state index in [2.05, 4.69) is 26.3 Å². The zero-order valence-corrected chi connectivity index (χ0v) is 12.1. The van der Waals surface area contributed by atoms with Gasteiger partial charge in [0.25, 0.3) is 0 Å². The number of hydrogen-bond acceptors (Lipinski definition) is 4. The third-order valence-corrected chi connectivity index (χ3v) is 4.88. The summed E-state index contributed by atoms with van der Waals surface area (Å²) >= 11 is 0. The molecule has 0 atom stereocenters. The molecule has 3 rings (SSSR count). The number of anilines is 2. The molecular weight excluding hydrogens is 236 g/mol. The van der Waals surface area contributed by atoms with Gasteiger partial charge in [-0.05, 0) is 38.0 Å². The standard InChI is InChI=1S/C15H24N4/c1-12-11-13(18-14(16-2)17-12)19-9-7-15(8-10-19)5-3-4-6-15/h11H,3-10H2,1-2H3,(H,16,17,18). The lowest BCUT2D eigenvalue weighted by Crippen LogP contribution is -2.39. The Morgan fingerprint density at radius 1 is 1.11 bits per heavy atom. The van der Waals surface area contributed by atoms with Crippen LogP contribution >= 0.6 is 0 Å². The normalized spacial score (nSPS) is 21.9. The van der Waals surface area contributed by atoms with Gasteiger partial charge in [-0.2, -0.15) is 4.98 Å². The number of rotatable bonds is 2. The molecule has 2 heterocycles. The van der Waals surface area contributed by atoms with Crippen molar-refractivity contribution in [1.82, 2.24) is 9.97 Å². The molecule has 0 amide bonds. The molecule has 1 N–H and O–H groups in total. The van der Waals surface area contributed by atoms with Crippen LogP contribution in [0.3, 0.4) is 0 Å². The fraction of sp³-hybridized carbons (Fsp3) is 0.733. The van der Waals surface area contributed by atoms with Gasteiger partial charge in [0.1, 0.15) is 5.82 Å². The number of aromatic nitrogens is 2. The number of nitrogens with zero attached hydrogens (tertiary/aromatic N) is 3. The first-order valence-electron chi connectivity index (χ1n) is 7.49. The van der Waals surface area contributed by atoms with Crippen LogP contribution in [0.4, 0.5) is 11.8 Å². The maximum atomic E-state index is 4.59. The highest BCUT2D eigenvalue weighted by Crippen LogP contribution is 2.46. The second kappa shape index (κ2) is 4.99. The first kappa shape index (κ1) is 12.7. The lowest BCUT2D eigenvalue weighted by molar-refractivity contribution is 0.226. The molecule has 4 nitrogen and oxygen atoms in total. The summed E-state index contributed by atoms with van der Waals surface area (Å²) in [5, 5.41) is 3.05. The van der Waals surface area contributed by atoms with Crippen LogP contribution in [0.15, 0.2) is 6.07 Å². The zero-order chi connectivity index (χ0) is 13.3. The van der Waals surface area contributed by atoms with Gasteiger partial charge in [0.05, 0.1) is 0 Å². The molecule has 4 heteroatoms. The summed E-state index contributed by atoms with van der Waals surface area (Å²) in [4.78, 5) is 11.4. The summed E-state index contributed by atoms with van der Waals surface area (Å²) in [6.45, 7) is 4.34. The Balaban J connectivity index is 1.72. The van der Waals surface area contributed by atoms with Crippen LogP contribution in [-0.4, -0.2) is 30.1 Å². The van der Waals surface area contributed by atoms with Crippen molar-refractivity contribution in [3.8, 4) is 0 Å². The number of piperidine rings is 1. The van der Waals surface area contributed by atoms with Crippen molar-refractivity contribution >= 4 is 11.8 Å². The second-order valence-corrected chi connectivity index (χ2v) is 6.14. The summed E-state index contributed by atoms with van der Waals surface area (Å²) in [5.41, 5.74) is 1.71. The van der Waals surface area contributed by atoms with E-state index in [1.165, 1.54) is 38.5 Å². The van der Waals surface area contributed by atoms with Gasteiger partial charge in [0.15, 0.2) is 0 Å². The molecule has 1 saturated heterocycles. The van der Waals surface area contributed by atoms with E-state index in [9.17, 15) is 0 Å². The smallest absolute Gasteiger partial charge is 0.224 e. The maximum Gasteiger partial charge on any atom is 0.224 e. The van der Waals surface area contributed by atoms with E-state index in [4.69, 9.17) is 0 Å². The Kier molecular flexibility index (Phi) is 3.33. The fourth-order valence-electron chi connectivity index (χ4n) is 3.66. The van der Waals surface area contributed by atoms with E-state index in [1.807, 2.05) is 14.0 Å². The Morgan fingerprint density at radius 2 is 1.79 bits per heavy atom. The Labute approximate surface area is 115 Å². The Morgan fingerprint density at radius 3 is 2.42 bits per heavy atom. The van der Waals surface area contributed by atoms with E-state index >= 15 is 0 Å². The van der Waals surface area contributed by atoms with Gasteiger partial charge in [-0.15, -0.1) is 0 Å². The molecule has 1 aliphatic heterocycles. The van der Waals surface area contributed by atoms with E-state index in [0.29, 0.717) is 5.41 Å². The summed E-state index contributed by atoms with van der Waals surface area (Å²) in [7, 11) is 1.88. The summed E-state index contributed by atoms with van der Waals surface area (Å²) in [5.74, 6) is 1.82. The van der Waals surface area contributed by atoms with E-state index < -0.39 is 0 Å². The highest BCUT2D eigenvalue weighted by atomic mass is 15.2. The van der Waals surface area contributed by atoms with Crippen molar-refractivity contribution in [2.45, 2.75) is 45.4 Å². The fourth-order valence-corrected chi connectivity index (χ4v) is 3.66. The van der Waals surface area contributed by atoms with Gasteiger partial charge < -0.3 is 10.2 Å². The molecule has 0 bridgehead atoms. The first-order valence-corrected chi connectivity index (χ1v) is 7.49. The van der Waals surface area contributed by atoms with Gasteiger partial charge in [-0.3, -0.25) is 0 Å². The van der Waals surface area contributed by atoms with Gasteiger partial charge >= 0.3 is 0 Å². The zero-order valence-electron chi connectivity index (χ0n) is 12.1. The van der Waals surface area contributed by atoms with Gasteiger partial charge in [-0.25, -0.2) is 4.98 Å². The van der Waals surface area contributed by atoms with Crippen LogP contribution in [0.25, 0.3) is 0 Å². The summed E-state index contributed by atoms with van der Waals surface area (Å²) in [6.07, 6.45) is 8.46. The molecule has 1 aromatic rings. The van der Waals surface area contributed by atoms with Gasteiger partial charge in [0, 0.05) is 31.9 Å². The monoisotopic (exact) mass is 260 g/mol. The van der Waals surface area contributed by atoms with Crippen molar-refractivity contribution in [3.05, 3.63) is 11.8 Å². The minimum absolute atomic E-state index is 0.671. The largest absolute Gasteiger partial charge is 0.357 e. The predicted molar refractivity (Wildman–Crippen MR) is 78.7 cm³/mol. The van der Waals surface area contributed by atoms with Crippen LogP contribution < -0.4 is 10.2 Å². The van der Waals surface area contributed by atoms with E-state index in [1.54, 1.807) is 0 Å². The van der Waals surface area contributed by atoms with Crippen LogP contribution in [0.2, 0.25) is 0 Å². The third-order valence-electron chi connectivity index (χ3n) is 4.88. The summed E-state index contributed by atoms with van der Waals surface area (Å²) < 4.78 is 0. The van der Waals surface area contributed by atoms with Gasteiger partial charge in [-0.1, -0.05) is 12.8 Å². The topological polar surface area (TPSA) is 41.1 Å². The molecule has 1 aliphatic carbocycles. The Hall–Kier alpha value is -1.32. The van der Waals surface area contributed by atoms with E-state index in [0.717, 1.165) is 30.5 Å². The first-order chi connectivity index (χ1) is 9.21. The molecule has 0 aromatic carbocycles. The molecule has 2 aliphatic rings. The van der Waals surface area contributed by atoms with Crippen LogP contribution in [0.1, 0.15) is 44.2 Å². The summed E-state index contributed by atoms with van der Waals surface area (Å²) in [6, 6.07) is 2.10. The molecule has 0 radical (unpaired) electrons. The van der Waals surface area contributed by atoms with Crippen molar-refractivity contribution in [2.75, 3.05) is 30.4 Å². The molecule has 104 valence electrons. The lowest BCUT2D eigenvalue weighted by atomic mass is 9.77.